The van der Waals surface area contributed by atoms with Crippen LogP contribution in [0.5, 0.6) is 0 Å². The van der Waals surface area contributed by atoms with Gasteiger partial charge >= 0.3 is 0 Å². The Kier molecular flexibility index (Phi) is 2.63. The monoisotopic (exact) mass is 219 g/mol. The Labute approximate surface area is 92.5 Å². The molecule has 0 bridgehead atoms. The molecule has 2 heterocycles. The number of nitrogens with two attached hydrogens (primary N) is 1. The molecule has 6 heteroatoms. The van der Waals surface area contributed by atoms with Crippen LogP contribution in [0, 0.1) is 0 Å². The Morgan fingerprint density at radius 2 is 2.50 bits per heavy atom. The van der Waals surface area contributed by atoms with Crippen molar-refractivity contribution < 1.29 is 4.79 Å². The summed E-state index contributed by atoms with van der Waals surface area (Å²) in [6.45, 7) is 0.390. The van der Waals surface area contributed by atoms with E-state index in [1.165, 1.54) is 0 Å². The minimum atomic E-state index is -0.195. The highest BCUT2D eigenvalue weighted by Gasteiger charge is 2.08. The van der Waals surface area contributed by atoms with Crippen LogP contribution in [0.4, 0.5) is 5.69 Å². The van der Waals surface area contributed by atoms with Crippen LogP contribution < -0.4 is 11.1 Å². The lowest BCUT2D eigenvalue weighted by atomic mass is 10.4. The molecular weight excluding hydrogens is 206 g/mol. The smallest absolute Gasteiger partial charge is 0.268 e. The van der Waals surface area contributed by atoms with Gasteiger partial charge in [-0.25, -0.2) is 4.98 Å². The molecule has 0 aliphatic rings. The molecule has 0 aliphatic carbocycles. The molecule has 2 aromatic rings. The second-order valence-corrected chi connectivity index (χ2v) is 3.48. The summed E-state index contributed by atoms with van der Waals surface area (Å²) in [6, 6.07) is 1.59. The minimum absolute atomic E-state index is 0.195. The molecule has 84 valence electrons. The van der Waals surface area contributed by atoms with Crippen LogP contribution in [0.2, 0.25) is 0 Å². The van der Waals surface area contributed by atoms with Crippen LogP contribution in [-0.2, 0) is 13.6 Å². The summed E-state index contributed by atoms with van der Waals surface area (Å²) >= 11 is 0. The molecule has 0 spiro atoms. The van der Waals surface area contributed by atoms with Gasteiger partial charge in [-0.15, -0.1) is 0 Å². The number of nitrogens with zero attached hydrogens (tertiary/aromatic N) is 2. The van der Waals surface area contributed by atoms with Gasteiger partial charge in [0.1, 0.15) is 11.5 Å². The predicted octanol–water partition coefficient (Wildman–Crippen LogP) is 0.260. The predicted molar refractivity (Wildman–Crippen MR) is 59.6 cm³/mol. The standard InChI is InChI=1S/C10H13N5O/c1-15-3-2-12-9(15)6-14-10(16)8-4-7(11)5-13-8/h2-5,13H,6,11H2,1H3,(H,14,16). The lowest BCUT2D eigenvalue weighted by Crippen LogP contribution is -2.24. The Bertz CT molecular complexity index is 499. The molecule has 0 saturated heterocycles. The summed E-state index contributed by atoms with van der Waals surface area (Å²) < 4.78 is 1.85. The van der Waals surface area contributed by atoms with Gasteiger partial charge in [-0.05, 0) is 6.07 Å². The lowest BCUT2D eigenvalue weighted by molar-refractivity contribution is 0.0945. The zero-order valence-electron chi connectivity index (χ0n) is 8.90. The summed E-state index contributed by atoms with van der Waals surface area (Å²) in [5.74, 6) is 0.604. The number of aryl methyl sites for hydroxylation is 1. The Morgan fingerprint density at radius 1 is 1.69 bits per heavy atom. The third-order valence-electron chi connectivity index (χ3n) is 2.28. The van der Waals surface area contributed by atoms with E-state index in [0.717, 1.165) is 5.82 Å². The summed E-state index contributed by atoms with van der Waals surface area (Å²) in [6.07, 6.45) is 5.10. The molecule has 4 N–H and O–H groups in total. The van der Waals surface area contributed by atoms with Crippen molar-refractivity contribution in [3.63, 3.8) is 0 Å². The van der Waals surface area contributed by atoms with E-state index in [1.807, 2.05) is 17.8 Å². The first-order valence-electron chi connectivity index (χ1n) is 4.85. The zero-order valence-corrected chi connectivity index (χ0v) is 8.90. The highest BCUT2D eigenvalue weighted by molar-refractivity contribution is 5.93. The number of carbonyl (C=O) groups is 1. The van der Waals surface area contributed by atoms with Crippen LogP contribution in [0.3, 0.4) is 0 Å². The fourth-order valence-electron chi connectivity index (χ4n) is 1.36. The Hall–Kier alpha value is -2.24. The number of nitrogens with one attached hydrogen (secondary N) is 2. The van der Waals surface area contributed by atoms with Crippen LogP contribution in [0.15, 0.2) is 24.7 Å². The van der Waals surface area contributed by atoms with E-state index in [4.69, 9.17) is 5.73 Å². The van der Waals surface area contributed by atoms with Gasteiger partial charge < -0.3 is 20.6 Å². The van der Waals surface area contributed by atoms with Crippen molar-refractivity contribution in [3.05, 3.63) is 36.2 Å². The molecule has 0 unspecified atom stereocenters. The second kappa shape index (κ2) is 4.09. The van der Waals surface area contributed by atoms with Crippen molar-refractivity contribution in [2.75, 3.05) is 5.73 Å². The van der Waals surface area contributed by atoms with E-state index in [1.54, 1.807) is 18.5 Å². The van der Waals surface area contributed by atoms with E-state index in [2.05, 4.69) is 15.3 Å². The van der Waals surface area contributed by atoms with Gasteiger partial charge in [-0.3, -0.25) is 4.79 Å². The molecule has 1 amide bonds. The molecule has 0 saturated carbocycles. The lowest BCUT2D eigenvalue weighted by Gasteiger charge is -2.03. The first-order chi connectivity index (χ1) is 7.66. The molecular formula is C10H13N5O. The third-order valence-corrected chi connectivity index (χ3v) is 2.28. The molecule has 0 aromatic carbocycles. The number of nitrogen functional groups attached to an aromatic ring is 1. The molecule has 2 rings (SSSR count). The topological polar surface area (TPSA) is 88.7 Å². The van der Waals surface area contributed by atoms with Crippen molar-refractivity contribution in [1.82, 2.24) is 19.9 Å². The van der Waals surface area contributed by atoms with Crippen molar-refractivity contribution in [2.45, 2.75) is 6.54 Å². The molecule has 16 heavy (non-hydrogen) atoms. The van der Waals surface area contributed by atoms with E-state index in [9.17, 15) is 4.79 Å². The van der Waals surface area contributed by atoms with Crippen LogP contribution >= 0.6 is 0 Å². The van der Waals surface area contributed by atoms with E-state index >= 15 is 0 Å². The number of aromatic amines is 1. The van der Waals surface area contributed by atoms with Gasteiger partial charge in [0.05, 0.1) is 6.54 Å². The Balaban J connectivity index is 1.96. The number of imidazole rings is 1. The maximum atomic E-state index is 11.6. The van der Waals surface area contributed by atoms with Crippen molar-refractivity contribution in [1.29, 1.82) is 0 Å². The summed E-state index contributed by atoms with van der Waals surface area (Å²) in [7, 11) is 1.88. The molecule has 0 radical (unpaired) electrons. The molecule has 0 fully saturated rings. The maximum absolute atomic E-state index is 11.6. The summed E-state index contributed by atoms with van der Waals surface area (Å²) in [5.41, 5.74) is 6.50. The van der Waals surface area contributed by atoms with Crippen molar-refractivity contribution in [3.8, 4) is 0 Å². The number of aromatic nitrogens is 3. The number of hydrogen-bond acceptors (Lipinski definition) is 3. The molecule has 2 aromatic heterocycles. The fraction of sp³-hybridized carbons (Fsp3) is 0.200. The molecule has 0 aliphatic heterocycles. The largest absolute Gasteiger partial charge is 0.397 e. The van der Waals surface area contributed by atoms with E-state index in [0.29, 0.717) is 17.9 Å². The highest BCUT2D eigenvalue weighted by atomic mass is 16.1. The Morgan fingerprint density at radius 3 is 3.06 bits per heavy atom. The number of rotatable bonds is 3. The number of carbonyl (C=O) groups excluding carboxylic acids is 1. The van der Waals surface area contributed by atoms with Gasteiger partial charge in [-0.1, -0.05) is 0 Å². The van der Waals surface area contributed by atoms with Gasteiger partial charge in [0, 0.05) is 31.3 Å². The first kappa shape index (κ1) is 10.3. The van der Waals surface area contributed by atoms with Crippen molar-refractivity contribution in [2.24, 2.45) is 7.05 Å². The highest BCUT2D eigenvalue weighted by Crippen LogP contribution is 2.04. The molecule has 6 nitrogen and oxygen atoms in total. The first-order valence-corrected chi connectivity index (χ1v) is 4.85. The summed E-state index contributed by atoms with van der Waals surface area (Å²) in [4.78, 5) is 18.5. The third kappa shape index (κ3) is 2.05. The average molecular weight is 219 g/mol. The quantitative estimate of drug-likeness (QED) is 0.691. The number of H-pyrrole nitrogens is 1. The van der Waals surface area contributed by atoms with Gasteiger partial charge in [0.25, 0.3) is 5.91 Å². The van der Waals surface area contributed by atoms with Gasteiger partial charge in [0.15, 0.2) is 0 Å². The minimum Gasteiger partial charge on any atom is -0.397 e. The van der Waals surface area contributed by atoms with Crippen molar-refractivity contribution >= 4 is 11.6 Å². The van der Waals surface area contributed by atoms with Crippen LogP contribution in [-0.4, -0.2) is 20.4 Å². The van der Waals surface area contributed by atoms with E-state index in [-0.39, 0.29) is 5.91 Å². The fourth-order valence-corrected chi connectivity index (χ4v) is 1.36. The normalized spacial score (nSPS) is 10.3. The average Bonchev–Trinajstić information content (AvgIpc) is 2.84. The molecule has 0 atom stereocenters. The van der Waals surface area contributed by atoms with Crippen LogP contribution in [0.25, 0.3) is 0 Å². The number of amides is 1. The number of anilines is 1. The second-order valence-electron chi connectivity index (χ2n) is 3.48. The zero-order chi connectivity index (χ0) is 11.5. The summed E-state index contributed by atoms with van der Waals surface area (Å²) in [5, 5.41) is 2.75. The van der Waals surface area contributed by atoms with E-state index < -0.39 is 0 Å². The SMILES string of the molecule is Cn1ccnc1CNC(=O)c1cc(N)c[nH]1. The maximum Gasteiger partial charge on any atom is 0.268 e. The number of hydrogen-bond donors (Lipinski definition) is 3. The van der Waals surface area contributed by atoms with Gasteiger partial charge in [-0.2, -0.15) is 0 Å². The van der Waals surface area contributed by atoms with Crippen LogP contribution in [0.1, 0.15) is 16.3 Å². The van der Waals surface area contributed by atoms with Gasteiger partial charge in [0.2, 0.25) is 0 Å².